The highest BCUT2D eigenvalue weighted by molar-refractivity contribution is 7.19. The van der Waals surface area contributed by atoms with Crippen LogP contribution in [0.2, 0.25) is 0 Å². The van der Waals surface area contributed by atoms with Gasteiger partial charge in [-0.2, -0.15) is 0 Å². The smallest absolute Gasteiger partial charge is 0.179 e. The molecule has 0 N–H and O–H groups in total. The van der Waals surface area contributed by atoms with Gasteiger partial charge < -0.3 is 0 Å². The highest BCUT2D eigenvalue weighted by Gasteiger charge is 2.41. The molecule has 67 heavy (non-hydrogen) atoms. The lowest BCUT2D eigenvalue weighted by Crippen LogP contribution is -2.74. The second-order valence-corrected chi connectivity index (χ2v) is 20.5. The van der Waals surface area contributed by atoms with Crippen molar-refractivity contribution in [2.45, 2.75) is 0 Å². The largest absolute Gasteiger partial charge is 0.208 e. The Hall–Kier alpha value is -8.57. The molecule has 0 saturated carbocycles. The Bertz CT molecular complexity index is 3270. The third kappa shape index (κ3) is 8.12. The Morgan fingerprint density at radius 2 is 0.522 bits per heavy atom. The Morgan fingerprint density at radius 3 is 0.970 bits per heavy atom. The minimum Gasteiger partial charge on any atom is -0.208 e. The molecule has 0 spiro atoms. The number of rotatable bonds is 11. The third-order valence-electron chi connectivity index (χ3n) is 12.7. The van der Waals surface area contributed by atoms with Crippen LogP contribution in [0.15, 0.2) is 273 Å². The molecule has 10 aromatic carbocycles. The first-order valence-electron chi connectivity index (χ1n) is 22.8. The van der Waals surface area contributed by atoms with E-state index in [1.54, 1.807) is 0 Å². The maximum absolute atomic E-state index is 5.13. The highest BCUT2D eigenvalue weighted by atomic mass is 28.3. The fourth-order valence-electron chi connectivity index (χ4n) is 9.56. The van der Waals surface area contributed by atoms with Crippen molar-refractivity contribution in [1.82, 2.24) is 15.0 Å². The second-order valence-electron chi connectivity index (χ2n) is 16.7. The van der Waals surface area contributed by atoms with E-state index in [1.807, 2.05) is 60.7 Å². The lowest BCUT2D eigenvalue weighted by molar-refractivity contribution is 1.07. The summed E-state index contributed by atoms with van der Waals surface area (Å²) in [7, 11) is -2.84. The zero-order valence-corrected chi connectivity index (χ0v) is 37.8. The first kappa shape index (κ1) is 41.2. The van der Waals surface area contributed by atoms with Crippen LogP contribution in [0.1, 0.15) is 0 Å². The van der Waals surface area contributed by atoms with Crippen molar-refractivity contribution in [2.75, 3.05) is 0 Å². The molecule has 1 aromatic heterocycles. The average molecular weight is 872 g/mol. The lowest BCUT2D eigenvalue weighted by atomic mass is 9.84. The second kappa shape index (κ2) is 18.5. The Labute approximate surface area is 393 Å². The van der Waals surface area contributed by atoms with Crippen molar-refractivity contribution in [3.63, 3.8) is 0 Å². The summed E-state index contributed by atoms with van der Waals surface area (Å²) < 4.78 is 0. The molecule has 0 aliphatic heterocycles. The van der Waals surface area contributed by atoms with Crippen molar-refractivity contribution in [3.8, 4) is 78.7 Å². The van der Waals surface area contributed by atoms with Gasteiger partial charge in [0.1, 0.15) is 0 Å². The first-order valence-corrected chi connectivity index (χ1v) is 24.8. The van der Waals surface area contributed by atoms with Gasteiger partial charge >= 0.3 is 0 Å². The van der Waals surface area contributed by atoms with Crippen molar-refractivity contribution < 1.29 is 0 Å². The summed E-state index contributed by atoms with van der Waals surface area (Å²) in [5.41, 5.74) is 11.9. The van der Waals surface area contributed by atoms with Gasteiger partial charge in [-0.3, -0.25) is 0 Å². The minimum atomic E-state index is -2.84. The fourth-order valence-corrected chi connectivity index (χ4v) is 14.4. The molecule has 316 valence electrons. The molecule has 0 aliphatic rings. The van der Waals surface area contributed by atoms with Gasteiger partial charge in [-0.25, -0.2) is 15.0 Å². The molecule has 0 atom stereocenters. The maximum atomic E-state index is 5.13. The van der Waals surface area contributed by atoms with Crippen molar-refractivity contribution in [2.24, 2.45) is 0 Å². The molecule has 1 heterocycles. The van der Waals surface area contributed by atoms with E-state index in [1.165, 1.54) is 20.7 Å². The van der Waals surface area contributed by atoms with Crippen LogP contribution in [0.25, 0.3) is 78.7 Å². The van der Waals surface area contributed by atoms with Gasteiger partial charge in [-0.05, 0) is 83.5 Å². The van der Waals surface area contributed by atoms with Crippen molar-refractivity contribution in [3.05, 3.63) is 273 Å². The van der Waals surface area contributed by atoms with E-state index in [4.69, 9.17) is 15.0 Å². The van der Waals surface area contributed by atoms with E-state index in [0.29, 0.717) is 17.5 Å². The molecule has 0 bridgehead atoms. The number of nitrogens with zero attached hydrogens (tertiary/aromatic N) is 3. The minimum absolute atomic E-state index is 0.618. The number of aromatic nitrogens is 3. The molecule has 4 heteroatoms. The number of benzene rings is 10. The summed E-state index contributed by atoms with van der Waals surface area (Å²) in [6, 6.07) is 98.2. The van der Waals surface area contributed by atoms with Gasteiger partial charge in [0, 0.05) is 16.7 Å². The average Bonchev–Trinajstić information content (AvgIpc) is 3.42. The van der Waals surface area contributed by atoms with Crippen LogP contribution in [0, 0.1) is 0 Å². The van der Waals surface area contributed by atoms with E-state index in [-0.39, 0.29) is 0 Å². The summed E-state index contributed by atoms with van der Waals surface area (Å²) in [5.74, 6) is 1.88. The molecular weight excluding hydrogens is 827 g/mol. The third-order valence-corrected chi connectivity index (χ3v) is 17.4. The summed E-state index contributed by atoms with van der Waals surface area (Å²) in [5, 5.41) is 5.34. The zero-order valence-electron chi connectivity index (χ0n) is 36.8. The molecule has 0 saturated heterocycles. The predicted octanol–water partition coefficient (Wildman–Crippen LogP) is 12.9. The SMILES string of the molecule is c1ccc(-c2cc(-c3cccc(-c4nc(-c5ccccc5)nc(-c5ccccc5)n4)c3)c(-c3ccccc3)c(-c3cccc([Si](c4ccccc4)(c4ccccc4)c4ccccc4)c3)c2)cc1. The molecule has 3 nitrogen and oxygen atoms in total. The normalized spacial score (nSPS) is 11.3. The molecule has 11 rings (SSSR count). The van der Waals surface area contributed by atoms with Crippen LogP contribution in [-0.4, -0.2) is 23.0 Å². The summed E-state index contributed by atoms with van der Waals surface area (Å²) in [6.45, 7) is 0. The summed E-state index contributed by atoms with van der Waals surface area (Å²) in [4.78, 5) is 15.3. The lowest BCUT2D eigenvalue weighted by Gasteiger charge is -2.34. The molecule has 0 unspecified atom stereocenters. The topological polar surface area (TPSA) is 38.7 Å². The zero-order chi connectivity index (χ0) is 44.8. The predicted molar refractivity (Wildman–Crippen MR) is 281 cm³/mol. The van der Waals surface area contributed by atoms with E-state index in [0.717, 1.165) is 61.2 Å². The van der Waals surface area contributed by atoms with Crippen LogP contribution in [0.3, 0.4) is 0 Å². The maximum Gasteiger partial charge on any atom is 0.179 e. The van der Waals surface area contributed by atoms with E-state index >= 15 is 0 Å². The molecule has 11 aromatic rings. The van der Waals surface area contributed by atoms with Gasteiger partial charge in [0.05, 0.1) is 0 Å². The van der Waals surface area contributed by atoms with Crippen LogP contribution in [0.4, 0.5) is 0 Å². The quantitative estimate of drug-likeness (QED) is 0.0960. The molecule has 0 aliphatic carbocycles. The van der Waals surface area contributed by atoms with E-state index < -0.39 is 8.07 Å². The Morgan fingerprint density at radius 1 is 0.209 bits per heavy atom. The Kier molecular flexibility index (Phi) is 11.4. The van der Waals surface area contributed by atoms with Crippen molar-refractivity contribution >= 4 is 28.8 Å². The van der Waals surface area contributed by atoms with Crippen LogP contribution < -0.4 is 20.7 Å². The van der Waals surface area contributed by atoms with E-state index in [9.17, 15) is 0 Å². The molecule has 0 amide bonds. The standard InChI is InChI=1S/C63H45N3Si/c1-8-24-46(25-9-1)53-44-58(50-32-22-34-52(42-50)63-65-61(48-28-12-3-13-29-48)64-62(66-63)49-30-14-4-15-31-49)60(47-26-10-2-11-27-47)59(45-53)51-33-23-41-57(43-51)67(54-35-16-5-17-36-54,55-37-18-6-19-38-55)56-39-20-7-21-40-56/h1-45H. The van der Waals surface area contributed by atoms with Crippen LogP contribution in [-0.2, 0) is 0 Å². The van der Waals surface area contributed by atoms with Crippen LogP contribution in [0.5, 0.6) is 0 Å². The summed E-state index contributed by atoms with van der Waals surface area (Å²) >= 11 is 0. The number of hydrogen-bond acceptors (Lipinski definition) is 3. The van der Waals surface area contributed by atoms with Crippen LogP contribution >= 0.6 is 0 Å². The van der Waals surface area contributed by atoms with Gasteiger partial charge in [-0.1, -0.05) is 255 Å². The van der Waals surface area contributed by atoms with Gasteiger partial charge in [-0.15, -0.1) is 0 Å². The van der Waals surface area contributed by atoms with Gasteiger partial charge in [0.2, 0.25) is 0 Å². The molecular formula is C63H45N3Si. The first-order chi connectivity index (χ1) is 33.2. The molecule has 0 fully saturated rings. The molecule has 0 radical (unpaired) electrons. The van der Waals surface area contributed by atoms with Gasteiger partial charge in [0.25, 0.3) is 0 Å². The van der Waals surface area contributed by atoms with Gasteiger partial charge in [0.15, 0.2) is 25.5 Å². The van der Waals surface area contributed by atoms with E-state index in [2.05, 4.69) is 212 Å². The highest BCUT2D eigenvalue weighted by Crippen LogP contribution is 2.44. The Balaban J connectivity index is 1.16. The summed E-state index contributed by atoms with van der Waals surface area (Å²) in [6.07, 6.45) is 0. The van der Waals surface area contributed by atoms with Crippen molar-refractivity contribution in [1.29, 1.82) is 0 Å². The number of hydrogen-bond donors (Lipinski definition) is 0. The monoisotopic (exact) mass is 871 g/mol. The fraction of sp³-hybridized carbons (Fsp3) is 0.